The number of benzene rings is 1. The molecule has 7 heteroatoms. The lowest BCUT2D eigenvalue weighted by atomic mass is 10.1. The lowest BCUT2D eigenvalue weighted by Crippen LogP contribution is -2.31. The van der Waals surface area contributed by atoms with Crippen molar-refractivity contribution in [2.75, 3.05) is 13.2 Å². The van der Waals surface area contributed by atoms with Crippen molar-refractivity contribution >= 4 is 6.09 Å². The molecule has 7 nitrogen and oxygen atoms in total. The van der Waals surface area contributed by atoms with E-state index in [0.717, 1.165) is 25.2 Å². The van der Waals surface area contributed by atoms with Gasteiger partial charge in [0.15, 0.2) is 0 Å². The van der Waals surface area contributed by atoms with Crippen LogP contribution in [-0.2, 0) is 29.1 Å². The van der Waals surface area contributed by atoms with Gasteiger partial charge in [-0.15, -0.1) is 0 Å². The predicted octanol–water partition coefficient (Wildman–Crippen LogP) is 1.65. The number of ether oxygens (including phenoxy) is 1. The van der Waals surface area contributed by atoms with Gasteiger partial charge in [0.2, 0.25) is 0 Å². The molecule has 2 heterocycles. The molecule has 1 atom stereocenters. The third-order valence-electron chi connectivity index (χ3n) is 3.86. The third kappa shape index (κ3) is 4.81. The van der Waals surface area contributed by atoms with Crippen molar-refractivity contribution in [1.82, 2.24) is 20.3 Å². The van der Waals surface area contributed by atoms with E-state index in [-0.39, 0.29) is 6.10 Å². The second-order valence-electron chi connectivity index (χ2n) is 5.67. The van der Waals surface area contributed by atoms with E-state index in [0.29, 0.717) is 19.7 Å². The number of alkyl carbamates (subject to hydrolysis) is 1. The molecule has 0 spiro atoms. The molecule has 0 saturated carbocycles. The Kier molecular flexibility index (Phi) is 5.81. The number of hydrogen-bond donors (Lipinski definition) is 2. The number of rotatable bonds is 7. The van der Waals surface area contributed by atoms with Crippen molar-refractivity contribution < 1.29 is 14.4 Å². The molecular weight excluding hydrogens is 308 g/mol. The smallest absolute Gasteiger partial charge is 0.407 e. The Bertz CT molecular complexity index is 638. The molecule has 1 aromatic heterocycles. The summed E-state index contributed by atoms with van der Waals surface area (Å²) in [5, 5.41) is 2.73. The summed E-state index contributed by atoms with van der Waals surface area (Å²) >= 11 is 0. The van der Waals surface area contributed by atoms with E-state index in [1.807, 2.05) is 12.3 Å². The van der Waals surface area contributed by atoms with Gasteiger partial charge in [-0.05, 0) is 18.4 Å². The Hall–Kier alpha value is -2.38. The van der Waals surface area contributed by atoms with Gasteiger partial charge in [-0.1, -0.05) is 30.3 Å². The van der Waals surface area contributed by atoms with Crippen molar-refractivity contribution in [3.63, 3.8) is 0 Å². The maximum Gasteiger partial charge on any atom is 0.407 e. The lowest BCUT2D eigenvalue weighted by molar-refractivity contribution is 0.0642. The minimum atomic E-state index is -0.453. The van der Waals surface area contributed by atoms with Gasteiger partial charge in [0.1, 0.15) is 18.5 Å². The number of aryl methyl sites for hydroxylation is 2. The van der Waals surface area contributed by atoms with Gasteiger partial charge in [0, 0.05) is 18.9 Å². The molecular formula is C17H22N4O3. The van der Waals surface area contributed by atoms with E-state index in [1.54, 1.807) is 6.20 Å². The van der Waals surface area contributed by atoms with Crippen LogP contribution in [0.25, 0.3) is 0 Å². The summed E-state index contributed by atoms with van der Waals surface area (Å²) in [5.41, 5.74) is 4.00. The Morgan fingerprint density at radius 3 is 3.08 bits per heavy atom. The van der Waals surface area contributed by atoms with Crippen LogP contribution in [0.3, 0.4) is 0 Å². The molecule has 3 rings (SSSR count). The molecule has 1 aromatic carbocycles. The highest BCUT2D eigenvalue weighted by Gasteiger charge is 2.19. The Balaban J connectivity index is 1.42. The number of nitrogens with zero attached hydrogens (tertiary/aromatic N) is 2. The number of hydrogen-bond acceptors (Lipinski definition) is 5. The number of imidazole rings is 1. The molecule has 2 aromatic rings. The second-order valence-corrected chi connectivity index (χ2v) is 5.67. The number of carbonyl (C=O) groups is 1. The number of amides is 1. The highest BCUT2D eigenvalue weighted by Crippen LogP contribution is 2.06. The molecule has 0 aliphatic carbocycles. The summed E-state index contributed by atoms with van der Waals surface area (Å²) in [5.74, 6) is 0.820. The van der Waals surface area contributed by atoms with Gasteiger partial charge in [0.25, 0.3) is 0 Å². The topological polar surface area (TPSA) is 77.4 Å². The molecule has 1 saturated heterocycles. The number of hydroxylamine groups is 1. The van der Waals surface area contributed by atoms with Crippen LogP contribution in [-0.4, -0.2) is 34.9 Å². The fourth-order valence-corrected chi connectivity index (χ4v) is 2.59. The van der Waals surface area contributed by atoms with Gasteiger partial charge >= 0.3 is 6.09 Å². The van der Waals surface area contributed by atoms with Crippen LogP contribution in [0.5, 0.6) is 0 Å². The van der Waals surface area contributed by atoms with Gasteiger partial charge in [-0.3, -0.25) is 4.84 Å². The summed E-state index contributed by atoms with van der Waals surface area (Å²) in [7, 11) is 0. The van der Waals surface area contributed by atoms with Crippen LogP contribution in [0, 0.1) is 0 Å². The Labute approximate surface area is 140 Å². The molecule has 1 fully saturated rings. The van der Waals surface area contributed by atoms with E-state index < -0.39 is 6.09 Å². The lowest BCUT2D eigenvalue weighted by Gasteiger charge is -2.11. The summed E-state index contributed by atoms with van der Waals surface area (Å²) < 4.78 is 7.27. The number of nitrogens with one attached hydrogen (secondary N) is 2. The van der Waals surface area contributed by atoms with E-state index >= 15 is 0 Å². The van der Waals surface area contributed by atoms with Crippen molar-refractivity contribution in [3.8, 4) is 0 Å². The number of carbonyl (C=O) groups excluding carboxylic acids is 1. The maximum absolute atomic E-state index is 11.8. The SMILES string of the molecule is O=C(NCc1nccn1CCCc1ccccc1)O[C@H]1CNOC1. The van der Waals surface area contributed by atoms with Gasteiger partial charge in [0.05, 0.1) is 13.1 Å². The monoisotopic (exact) mass is 330 g/mol. The van der Waals surface area contributed by atoms with Crippen molar-refractivity contribution in [3.05, 3.63) is 54.1 Å². The van der Waals surface area contributed by atoms with Crippen molar-refractivity contribution in [1.29, 1.82) is 0 Å². The molecule has 1 aliphatic rings. The van der Waals surface area contributed by atoms with Gasteiger partial charge in [-0.2, -0.15) is 5.48 Å². The second kappa shape index (κ2) is 8.47. The standard InChI is InChI=1S/C17H22N4O3/c22-17(24-15-11-20-23-13-15)19-12-16-18-8-10-21(16)9-4-7-14-5-2-1-3-6-14/h1-3,5-6,8,10,15,20H,4,7,9,11-13H2,(H,19,22)/t15-/m0/s1. The van der Waals surface area contributed by atoms with Crippen LogP contribution >= 0.6 is 0 Å². The van der Waals surface area contributed by atoms with Gasteiger partial charge in [-0.25, -0.2) is 9.78 Å². The van der Waals surface area contributed by atoms with Crippen LogP contribution in [0.15, 0.2) is 42.7 Å². The highest BCUT2D eigenvalue weighted by molar-refractivity contribution is 5.67. The first-order chi connectivity index (χ1) is 11.8. The Morgan fingerprint density at radius 1 is 1.42 bits per heavy atom. The van der Waals surface area contributed by atoms with Crippen LogP contribution in [0.4, 0.5) is 4.79 Å². The first-order valence-electron chi connectivity index (χ1n) is 8.14. The third-order valence-corrected chi connectivity index (χ3v) is 3.86. The number of aromatic nitrogens is 2. The van der Waals surface area contributed by atoms with Gasteiger partial charge < -0.3 is 14.6 Å². The summed E-state index contributed by atoms with van der Waals surface area (Å²) in [4.78, 5) is 21.0. The predicted molar refractivity (Wildman–Crippen MR) is 88.1 cm³/mol. The van der Waals surface area contributed by atoms with Crippen LogP contribution in [0.1, 0.15) is 17.8 Å². The fourth-order valence-electron chi connectivity index (χ4n) is 2.59. The summed E-state index contributed by atoms with van der Waals surface area (Å²) in [6, 6.07) is 10.4. The van der Waals surface area contributed by atoms with Crippen molar-refractivity contribution in [2.24, 2.45) is 0 Å². The zero-order valence-electron chi connectivity index (χ0n) is 13.5. The maximum atomic E-state index is 11.8. The molecule has 24 heavy (non-hydrogen) atoms. The van der Waals surface area contributed by atoms with Crippen LogP contribution in [0.2, 0.25) is 0 Å². The normalized spacial score (nSPS) is 16.9. The molecule has 0 unspecified atom stereocenters. The minimum absolute atomic E-state index is 0.240. The largest absolute Gasteiger partial charge is 0.442 e. The molecule has 1 amide bonds. The van der Waals surface area contributed by atoms with E-state index in [1.165, 1.54) is 5.56 Å². The zero-order valence-corrected chi connectivity index (χ0v) is 13.5. The quantitative estimate of drug-likeness (QED) is 0.807. The van der Waals surface area contributed by atoms with E-state index in [9.17, 15) is 4.79 Å². The molecule has 0 radical (unpaired) electrons. The van der Waals surface area contributed by atoms with E-state index in [4.69, 9.17) is 9.57 Å². The first-order valence-corrected chi connectivity index (χ1v) is 8.14. The Morgan fingerprint density at radius 2 is 2.29 bits per heavy atom. The summed E-state index contributed by atoms with van der Waals surface area (Å²) in [6.07, 6.45) is 5.02. The van der Waals surface area contributed by atoms with E-state index in [2.05, 4.69) is 44.6 Å². The molecule has 2 N–H and O–H groups in total. The fraction of sp³-hybridized carbons (Fsp3) is 0.412. The average molecular weight is 330 g/mol. The highest BCUT2D eigenvalue weighted by atomic mass is 16.7. The zero-order chi connectivity index (χ0) is 16.6. The van der Waals surface area contributed by atoms with Crippen LogP contribution < -0.4 is 10.8 Å². The molecule has 0 bridgehead atoms. The molecule has 1 aliphatic heterocycles. The average Bonchev–Trinajstić information content (AvgIpc) is 3.26. The summed E-state index contributed by atoms with van der Waals surface area (Å²) in [6.45, 7) is 2.10. The molecule has 128 valence electrons. The first kappa shape index (κ1) is 16.5. The van der Waals surface area contributed by atoms with Crippen molar-refractivity contribution in [2.45, 2.75) is 32.0 Å². The minimum Gasteiger partial charge on any atom is -0.442 e.